The first-order valence-electron chi connectivity index (χ1n) is 20.6. The molecule has 5 heterocycles. The van der Waals surface area contributed by atoms with Gasteiger partial charge in [-0.15, -0.1) is 22.7 Å². The van der Waals surface area contributed by atoms with Gasteiger partial charge in [0.05, 0.1) is 33.3 Å². The van der Waals surface area contributed by atoms with Gasteiger partial charge in [0, 0.05) is 50.9 Å². The van der Waals surface area contributed by atoms with E-state index in [1.165, 1.54) is 31.5 Å². The molecule has 17 heteroatoms. The minimum absolute atomic E-state index is 0. The molecule has 346 valence electrons. The lowest BCUT2D eigenvalue weighted by atomic mass is 10.1. The van der Waals surface area contributed by atoms with Crippen LogP contribution in [0.1, 0.15) is 49.9 Å². The van der Waals surface area contributed by atoms with E-state index in [0.717, 1.165) is 84.9 Å². The standard InChI is InChI=1S/C25H24Cl2N4S.C22H19Cl2N3O3S2.2CH4/c26-20-8-7-19(21(27)15-20)16-28-25-23-22(10-14-32-23)29-24(30-25)18-5-3-17(4-6-18)9-13-31-11-1-2-12-31;1-32(28,29)30-10-8-14-2-4-15(5-3-14)21-26-19-9-11-31-20(19)22(27-21)25-13-16-6-7-17(23)12-18(16)24;;/h3-8,10,14-15H,1-2,9,11-13,16H2,(H,28,29,30);2-7,9,11-12H,8,10,13H2,1H3,(H,25,26,27);2*1H4. The summed E-state index contributed by atoms with van der Waals surface area (Å²) in [4.78, 5) is 21.6. The number of nitrogens with one attached hydrogen (secondary N) is 2. The van der Waals surface area contributed by atoms with E-state index >= 15 is 0 Å². The Labute approximate surface area is 415 Å². The predicted molar refractivity (Wildman–Crippen MR) is 281 cm³/mol. The quantitative estimate of drug-likeness (QED) is 0.0960. The molecule has 1 fully saturated rings. The molecule has 0 unspecified atom stereocenters. The van der Waals surface area contributed by atoms with E-state index in [0.29, 0.717) is 45.4 Å². The third-order valence-electron chi connectivity index (χ3n) is 10.6. The van der Waals surface area contributed by atoms with Gasteiger partial charge in [-0.1, -0.05) is 122 Å². The summed E-state index contributed by atoms with van der Waals surface area (Å²) in [5.41, 5.74) is 7.90. The average Bonchev–Trinajstić information content (AvgIpc) is 4.09. The van der Waals surface area contributed by atoms with Crippen molar-refractivity contribution in [2.45, 2.75) is 53.6 Å². The number of thiophene rings is 2. The Morgan fingerprint density at radius 1 is 0.621 bits per heavy atom. The topological polar surface area (TPSA) is 122 Å². The fourth-order valence-electron chi connectivity index (χ4n) is 7.16. The minimum Gasteiger partial charge on any atom is -0.365 e. The van der Waals surface area contributed by atoms with Crippen LogP contribution in [-0.4, -0.2) is 65.8 Å². The van der Waals surface area contributed by atoms with Crippen LogP contribution < -0.4 is 10.6 Å². The van der Waals surface area contributed by atoms with E-state index in [9.17, 15) is 8.42 Å². The largest absolute Gasteiger partial charge is 0.365 e. The summed E-state index contributed by atoms with van der Waals surface area (Å²) < 4.78 is 29.0. The molecule has 1 saturated heterocycles. The molecule has 0 radical (unpaired) electrons. The summed E-state index contributed by atoms with van der Waals surface area (Å²) in [6.45, 7) is 4.79. The van der Waals surface area contributed by atoms with Crippen molar-refractivity contribution in [1.29, 1.82) is 0 Å². The van der Waals surface area contributed by atoms with Crippen molar-refractivity contribution in [2.24, 2.45) is 0 Å². The molecule has 1 aliphatic rings. The Kier molecular flexibility index (Phi) is 18.2. The van der Waals surface area contributed by atoms with Crippen molar-refractivity contribution in [2.75, 3.05) is 43.1 Å². The molecule has 0 atom stereocenters. The molecule has 0 amide bonds. The maximum absolute atomic E-state index is 11.1. The van der Waals surface area contributed by atoms with Crippen LogP contribution in [0.4, 0.5) is 11.6 Å². The summed E-state index contributed by atoms with van der Waals surface area (Å²) >= 11 is 27.9. The smallest absolute Gasteiger partial charge is 0.264 e. The first-order chi connectivity index (χ1) is 30.9. The highest BCUT2D eigenvalue weighted by Gasteiger charge is 2.15. The molecule has 0 aliphatic carbocycles. The van der Waals surface area contributed by atoms with Crippen LogP contribution in [-0.2, 0) is 40.2 Å². The second-order valence-electron chi connectivity index (χ2n) is 15.2. The highest BCUT2D eigenvalue weighted by molar-refractivity contribution is 7.86. The molecular formula is C49H51Cl4N7O3S3. The van der Waals surface area contributed by atoms with Crippen molar-refractivity contribution in [3.63, 3.8) is 0 Å². The predicted octanol–water partition coefficient (Wildman–Crippen LogP) is 14.0. The second-order valence-corrected chi connectivity index (χ2v) is 20.4. The van der Waals surface area contributed by atoms with Gasteiger partial charge in [0.15, 0.2) is 11.6 Å². The molecule has 10 nitrogen and oxygen atoms in total. The molecule has 0 bridgehead atoms. The van der Waals surface area contributed by atoms with Gasteiger partial charge in [-0.2, -0.15) is 8.42 Å². The lowest BCUT2D eigenvalue weighted by molar-refractivity contribution is 0.326. The van der Waals surface area contributed by atoms with Crippen LogP contribution in [0.2, 0.25) is 20.1 Å². The molecule has 4 aromatic carbocycles. The molecule has 0 saturated carbocycles. The normalized spacial score (nSPS) is 12.6. The fraction of sp³-hybridized carbons (Fsp3) is 0.265. The number of anilines is 2. The second kappa shape index (κ2) is 23.5. The van der Waals surface area contributed by atoms with Gasteiger partial charge in [-0.05, 0) is 108 Å². The maximum Gasteiger partial charge on any atom is 0.264 e. The van der Waals surface area contributed by atoms with Gasteiger partial charge < -0.3 is 15.5 Å². The summed E-state index contributed by atoms with van der Waals surface area (Å²) in [7, 11) is -3.44. The van der Waals surface area contributed by atoms with Gasteiger partial charge in [-0.25, -0.2) is 19.9 Å². The van der Waals surface area contributed by atoms with Gasteiger partial charge in [0.25, 0.3) is 10.1 Å². The number of fused-ring (bicyclic) bond motifs is 2. The van der Waals surface area contributed by atoms with Gasteiger partial charge in [0.1, 0.15) is 11.6 Å². The number of likely N-dealkylation sites (tertiary alicyclic amines) is 1. The molecule has 9 rings (SSSR count). The lowest BCUT2D eigenvalue weighted by Gasteiger charge is -2.14. The van der Waals surface area contributed by atoms with E-state index in [1.807, 2.05) is 65.4 Å². The molecule has 4 aromatic heterocycles. The van der Waals surface area contributed by atoms with E-state index in [2.05, 4.69) is 44.8 Å². The van der Waals surface area contributed by atoms with Crippen molar-refractivity contribution in [1.82, 2.24) is 24.8 Å². The number of aromatic nitrogens is 4. The van der Waals surface area contributed by atoms with Crippen LogP contribution in [0, 0.1) is 0 Å². The lowest BCUT2D eigenvalue weighted by Crippen LogP contribution is -2.21. The fourth-order valence-corrected chi connectivity index (χ4v) is 10.1. The minimum atomic E-state index is -3.44. The van der Waals surface area contributed by atoms with E-state index in [4.69, 9.17) is 65.5 Å². The zero-order chi connectivity index (χ0) is 44.6. The number of benzene rings is 4. The number of nitrogens with zero attached hydrogens (tertiary/aromatic N) is 5. The Balaban J connectivity index is 0.000000212. The molecular weight excluding hydrogens is 973 g/mol. The van der Waals surface area contributed by atoms with Crippen molar-refractivity contribution in [3.05, 3.63) is 150 Å². The third-order valence-corrected chi connectivity index (χ3v) is 14.1. The molecule has 2 N–H and O–H groups in total. The zero-order valence-corrected chi connectivity index (χ0v) is 40.1. The van der Waals surface area contributed by atoms with Crippen LogP contribution in [0.5, 0.6) is 0 Å². The van der Waals surface area contributed by atoms with Crippen LogP contribution in [0.15, 0.2) is 108 Å². The van der Waals surface area contributed by atoms with Crippen molar-refractivity contribution < 1.29 is 12.6 Å². The molecule has 0 spiro atoms. The monoisotopic (exact) mass is 1020 g/mol. The Bertz CT molecular complexity index is 2980. The summed E-state index contributed by atoms with van der Waals surface area (Å²) in [5.74, 6) is 2.88. The molecule has 8 aromatic rings. The SMILES string of the molecule is C.C.CS(=O)(=O)OCCc1ccc(-c2nc(NCc3ccc(Cl)cc3Cl)c3sccc3n2)cc1.Clc1ccc(CNc2nc(-c3ccc(CCN4CCCC4)cc3)nc3ccsc23)c(Cl)c1. The number of hydrogen-bond acceptors (Lipinski definition) is 12. The van der Waals surface area contributed by atoms with Crippen LogP contribution in [0.3, 0.4) is 0 Å². The van der Waals surface area contributed by atoms with Gasteiger partial charge in [-0.3, -0.25) is 4.18 Å². The van der Waals surface area contributed by atoms with Gasteiger partial charge in [0.2, 0.25) is 0 Å². The van der Waals surface area contributed by atoms with Crippen molar-refractivity contribution >= 4 is 111 Å². The van der Waals surface area contributed by atoms with Gasteiger partial charge >= 0.3 is 0 Å². The number of hydrogen-bond donors (Lipinski definition) is 2. The Morgan fingerprint density at radius 3 is 1.52 bits per heavy atom. The van der Waals surface area contributed by atoms with Crippen LogP contribution >= 0.6 is 69.1 Å². The zero-order valence-electron chi connectivity index (χ0n) is 34.7. The van der Waals surface area contributed by atoms with E-state index < -0.39 is 10.1 Å². The first-order valence-corrected chi connectivity index (χ1v) is 25.6. The summed E-state index contributed by atoms with van der Waals surface area (Å²) in [6.07, 6.45) is 5.29. The molecule has 66 heavy (non-hydrogen) atoms. The summed E-state index contributed by atoms with van der Waals surface area (Å²) in [6, 6.07) is 31.3. The average molecular weight is 1020 g/mol. The van der Waals surface area contributed by atoms with Crippen molar-refractivity contribution in [3.8, 4) is 22.8 Å². The van der Waals surface area contributed by atoms with Crippen LogP contribution in [0.25, 0.3) is 43.2 Å². The third kappa shape index (κ3) is 13.6. The number of halogens is 4. The highest BCUT2D eigenvalue weighted by Crippen LogP contribution is 2.32. The Morgan fingerprint density at radius 2 is 1.08 bits per heavy atom. The summed E-state index contributed by atoms with van der Waals surface area (Å²) in [5, 5.41) is 13.3. The first kappa shape index (κ1) is 51.0. The Hall–Kier alpha value is -4.41. The highest BCUT2D eigenvalue weighted by atomic mass is 35.5. The van der Waals surface area contributed by atoms with E-state index in [-0.39, 0.29) is 21.5 Å². The van der Waals surface area contributed by atoms with E-state index in [1.54, 1.807) is 40.9 Å². The number of rotatable bonds is 15. The molecule has 1 aliphatic heterocycles. The maximum atomic E-state index is 11.1.